The number of hydrogen-bond acceptors (Lipinski definition) is 4. The van der Waals surface area contributed by atoms with Gasteiger partial charge in [-0.3, -0.25) is 4.72 Å². The second kappa shape index (κ2) is 4.93. The molecule has 0 saturated heterocycles. The summed E-state index contributed by atoms with van der Waals surface area (Å²) in [5.74, 6) is 0. The molecule has 7 heteroatoms. The summed E-state index contributed by atoms with van der Waals surface area (Å²) in [6, 6.07) is 5.00. The Kier molecular flexibility index (Phi) is 3.48. The minimum absolute atomic E-state index is 0.00516. The molecule has 0 aliphatic carbocycles. The summed E-state index contributed by atoms with van der Waals surface area (Å²) in [5, 5.41) is 0.00516. The van der Waals surface area contributed by atoms with Gasteiger partial charge in [-0.1, -0.05) is 0 Å². The molecule has 1 aromatic heterocycles. The van der Waals surface area contributed by atoms with Crippen LogP contribution in [0.2, 0.25) is 0 Å². The highest BCUT2D eigenvalue weighted by Crippen LogP contribution is 2.20. The topological polar surface area (TPSA) is 90.0 Å². The first-order valence-electron chi connectivity index (χ1n) is 5.83. The molecule has 0 atom stereocenters. The van der Waals surface area contributed by atoms with Gasteiger partial charge in [-0.05, 0) is 37.6 Å². The van der Waals surface area contributed by atoms with Crippen LogP contribution in [0.5, 0.6) is 0 Å². The van der Waals surface area contributed by atoms with Crippen molar-refractivity contribution in [1.82, 2.24) is 9.55 Å². The van der Waals surface area contributed by atoms with E-state index in [1.807, 2.05) is 6.92 Å². The lowest BCUT2D eigenvalue weighted by Crippen LogP contribution is -2.14. The van der Waals surface area contributed by atoms with Crippen LogP contribution in [0.1, 0.15) is 12.5 Å². The molecule has 102 valence electrons. The molecule has 0 radical (unpaired) electrons. The summed E-state index contributed by atoms with van der Waals surface area (Å²) < 4.78 is 28.5. The van der Waals surface area contributed by atoms with E-state index in [9.17, 15) is 8.42 Å². The molecule has 19 heavy (non-hydrogen) atoms. The molecule has 1 heterocycles. The maximum absolute atomic E-state index is 12.1. The van der Waals surface area contributed by atoms with Gasteiger partial charge in [0.2, 0.25) is 0 Å². The Morgan fingerprint density at radius 2 is 2.16 bits per heavy atom. The van der Waals surface area contributed by atoms with Crippen LogP contribution in [-0.4, -0.2) is 18.0 Å². The summed E-state index contributed by atoms with van der Waals surface area (Å²) in [4.78, 5) is 3.89. The Bertz CT molecular complexity index is 692. The standard InChI is InChI=1S/C12H16N4O2S/c1-3-16-7-12(14-8-16)19(17,18)15-11-5-4-10(13)6-9(11)2/h4-8,15H,3,13H2,1-2H3. The predicted molar refractivity (Wildman–Crippen MR) is 74.3 cm³/mol. The van der Waals surface area contributed by atoms with Crippen molar-refractivity contribution in [3.63, 3.8) is 0 Å². The van der Waals surface area contributed by atoms with E-state index in [0.717, 1.165) is 5.56 Å². The summed E-state index contributed by atoms with van der Waals surface area (Å²) >= 11 is 0. The largest absolute Gasteiger partial charge is 0.399 e. The van der Waals surface area contributed by atoms with E-state index in [1.54, 1.807) is 29.7 Å². The fourth-order valence-electron chi connectivity index (χ4n) is 1.65. The van der Waals surface area contributed by atoms with Crippen LogP contribution in [0.3, 0.4) is 0 Å². The lowest BCUT2D eigenvalue weighted by atomic mass is 10.2. The van der Waals surface area contributed by atoms with Gasteiger partial charge in [0.05, 0.1) is 12.0 Å². The zero-order valence-corrected chi connectivity index (χ0v) is 11.6. The summed E-state index contributed by atoms with van der Waals surface area (Å²) in [7, 11) is -3.66. The van der Waals surface area contributed by atoms with Gasteiger partial charge < -0.3 is 10.3 Å². The number of nitrogen functional groups attached to an aromatic ring is 1. The lowest BCUT2D eigenvalue weighted by Gasteiger charge is -2.09. The van der Waals surface area contributed by atoms with Crippen LogP contribution in [0.15, 0.2) is 35.7 Å². The SMILES string of the molecule is CCn1cnc(S(=O)(=O)Nc2ccc(N)cc2C)c1. The monoisotopic (exact) mass is 280 g/mol. The first-order valence-corrected chi connectivity index (χ1v) is 7.31. The second-order valence-corrected chi connectivity index (χ2v) is 5.85. The van der Waals surface area contributed by atoms with E-state index in [-0.39, 0.29) is 5.03 Å². The number of nitrogens with one attached hydrogen (secondary N) is 1. The maximum Gasteiger partial charge on any atom is 0.280 e. The number of imidazole rings is 1. The average Bonchev–Trinajstić information content (AvgIpc) is 2.82. The zero-order valence-electron chi connectivity index (χ0n) is 10.8. The summed E-state index contributed by atoms with van der Waals surface area (Å²) in [6.45, 7) is 4.37. The van der Waals surface area contributed by atoms with E-state index < -0.39 is 10.0 Å². The van der Waals surface area contributed by atoms with E-state index in [4.69, 9.17) is 5.73 Å². The smallest absolute Gasteiger partial charge is 0.280 e. The van der Waals surface area contributed by atoms with Gasteiger partial charge in [-0.15, -0.1) is 0 Å². The van der Waals surface area contributed by atoms with Crippen molar-refractivity contribution in [3.8, 4) is 0 Å². The molecule has 0 amide bonds. The highest BCUT2D eigenvalue weighted by atomic mass is 32.2. The molecule has 2 rings (SSSR count). The van der Waals surface area contributed by atoms with Gasteiger partial charge in [-0.2, -0.15) is 8.42 Å². The molecular weight excluding hydrogens is 264 g/mol. The number of nitrogens with two attached hydrogens (primary N) is 1. The fourth-order valence-corrected chi connectivity index (χ4v) is 2.73. The van der Waals surface area contributed by atoms with Crippen LogP contribution in [0, 0.1) is 6.92 Å². The third-order valence-electron chi connectivity index (χ3n) is 2.74. The van der Waals surface area contributed by atoms with Crippen LogP contribution in [0.25, 0.3) is 0 Å². The number of sulfonamides is 1. The van der Waals surface area contributed by atoms with Gasteiger partial charge in [0.25, 0.3) is 10.0 Å². The van der Waals surface area contributed by atoms with E-state index in [2.05, 4.69) is 9.71 Å². The van der Waals surface area contributed by atoms with Crippen molar-refractivity contribution in [3.05, 3.63) is 36.3 Å². The van der Waals surface area contributed by atoms with Gasteiger partial charge >= 0.3 is 0 Å². The summed E-state index contributed by atoms with van der Waals surface area (Å²) in [6.07, 6.45) is 2.99. The van der Waals surface area contributed by atoms with Crippen molar-refractivity contribution >= 4 is 21.4 Å². The first-order chi connectivity index (χ1) is 8.92. The molecule has 3 N–H and O–H groups in total. The molecule has 0 aliphatic heterocycles. The minimum atomic E-state index is -3.66. The van der Waals surface area contributed by atoms with Crippen molar-refractivity contribution in [2.24, 2.45) is 0 Å². The van der Waals surface area contributed by atoms with E-state index in [1.165, 1.54) is 12.5 Å². The van der Waals surface area contributed by atoms with E-state index >= 15 is 0 Å². The second-order valence-electron chi connectivity index (χ2n) is 4.22. The highest BCUT2D eigenvalue weighted by molar-refractivity contribution is 7.92. The van der Waals surface area contributed by atoms with Crippen LogP contribution in [-0.2, 0) is 16.6 Å². The van der Waals surface area contributed by atoms with Crippen LogP contribution < -0.4 is 10.5 Å². The van der Waals surface area contributed by atoms with Crippen molar-refractivity contribution in [2.45, 2.75) is 25.4 Å². The molecule has 0 bridgehead atoms. The highest BCUT2D eigenvalue weighted by Gasteiger charge is 2.18. The minimum Gasteiger partial charge on any atom is -0.399 e. The average molecular weight is 280 g/mol. The third kappa shape index (κ3) is 2.87. The van der Waals surface area contributed by atoms with Crippen LogP contribution in [0.4, 0.5) is 11.4 Å². The number of aryl methyl sites for hydroxylation is 2. The Hall–Kier alpha value is -2.02. The third-order valence-corrected chi connectivity index (χ3v) is 3.99. The van der Waals surface area contributed by atoms with Gasteiger partial charge in [0.1, 0.15) is 0 Å². The van der Waals surface area contributed by atoms with Crippen molar-refractivity contribution in [2.75, 3.05) is 10.5 Å². The molecule has 0 fully saturated rings. The van der Waals surface area contributed by atoms with E-state index in [0.29, 0.717) is 17.9 Å². The summed E-state index contributed by atoms with van der Waals surface area (Å²) in [5.41, 5.74) is 7.49. The Labute approximate surface area is 112 Å². The Morgan fingerprint density at radius 1 is 1.42 bits per heavy atom. The molecule has 2 aromatic rings. The molecule has 1 aromatic carbocycles. The predicted octanol–water partition coefficient (Wildman–Crippen LogP) is 1.59. The quantitative estimate of drug-likeness (QED) is 0.832. The van der Waals surface area contributed by atoms with Gasteiger partial charge in [0.15, 0.2) is 5.03 Å². The Balaban J connectivity index is 2.30. The molecule has 0 spiro atoms. The van der Waals surface area contributed by atoms with Crippen molar-refractivity contribution in [1.29, 1.82) is 0 Å². The number of hydrogen-bond donors (Lipinski definition) is 2. The molecule has 0 aliphatic rings. The number of benzene rings is 1. The van der Waals surface area contributed by atoms with Gasteiger partial charge in [0, 0.05) is 18.4 Å². The number of aromatic nitrogens is 2. The first kappa shape index (κ1) is 13.4. The fraction of sp³-hybridized carbons (Fsp3) is 0.250. The maximum atomic E-state index is 12.1. The normalized spacial score (nSPS) is 11.5. The number of anilines is 2. The van der Waals surface area contributed by atoms with Crippen LogP contribution >= 0.6 is 0 Å². The van der Waals surface area contributed by atoms with Crippen molar-refractivity contribution < 1.29 is 8.42 Å². The zero-order chi connectivity index (χ0) is 14.0. The number of rotatable bonds is 4. The Morgan fingerprint density at radius 3 is 2.74 bits per heavy atom. The molecule has 6 nitrogen and oxygen atoms in total. The molecule has 0 unspecified atom stereocenters. The molecule has 0 saturated carbocycles. The lowest BCUT2D eigenvalue weighted by molar-refractivity contribution is 0.598. The van der Waals surface area contributed by atoms with Gasteiger partial charge in [-0.25, -0.2) is 4.98 Å². The number of nitrogens with zero attached hydrogens (tertiary/aromatic N) is 2. The molecular formula is C12H16N4O2S.